The van der Waals surface area contributed by atoms with E-state index in [0.717, 1.165) is 6.54 Å². The van der Waals surface area contributed by atoms with Gasteiger partial charge in [-0.3, -0.25) is 0 Å². The van der Waals surface area contributed by atoms with E-state index in [4.69, 9.17) is 0 Å². The van der Waals surface area contributed by atoms with Crippen molar-refractivity contribution in [3.63, 3.8) is 0 Å². The van der Waals surface area contributed by atoms with Crippen molar-refractivity contribution in [3.8, 4) is 0 Å². The summed E-state index contributed by atoms with van der Waals surface area (Å²) >= 11 is 0. The predicted octanol–water partition coefficient (Wildman–Crippen LogP) is 1.91. The Balaban J connectivity index is 0.000000902. The Morgan fingerprint density at radius 2 is 1.76 bits per heavy atom. The van der Waals surface area contributed by atoms with Gasteiger partial charge in [0, 0.05) is 26.2 Å². The SMILES string of the molecule is C1=c2ccc3c(c2[N-]C1)C=c1ccccc1=3.[Zr]. The monoisotopic (exact) mass is 294 g/mol. The van der Waals surface area contributed by atoms with Gasteiger partial charge in [0.25, 0.3) is 0 Å². The molecule has 0 saturated heterocycles. The molecule has 2 aromatic carbocycles. The topological polar surface area (TPSA) is 14.1 Å². The van der Waals surface area contributed by atoms with Crippen LogP contribution in [-0.4, -0.2) is 6.54 Å². The average molecular weight is 295 g/mol. The number of hydrogen-bond donors (Lipinski definition) is 0. The summed E-state index contributed by atoms with van der Waals surface area (Å²) in [6, 6.07) is 12.9. The maximum absolute atomic E-state index is 4.57. The Morgan fingerprint density at radius 1 is 0.882 bits per heavy atom. The van der Waals surface area contributed by atoms with Gasteiger partial charge in [0.1, 0.15) is 0 Å². The molecular formula is C15H10NZr-. The van der Waals surface area contributed by atoms with Crippen LogP contribution in [0, 0.1) is 10.4 Å². The average Bonchev–Trinajstić information content (AvgIpc) is 2.92. The zero-order valence-corrected chi connectivity index (χ0v) is 11.7. The molecule has 17 heavy (non-hydrogen) atoms. The van der Waals surface area contributed by atoms with Crippen molar-refractivity contribution in [1.82, 2.24) is 0 Å². The third-order valence-electron chi connectivity index (χ3n) is 3.36. The molecule has 0 radical (unpaired) electrons. The molecule has 0 unspecified atom stereocenters. The molecule has 0 amide bonds. The minimum absolute atomic E-state index is 0. The van der Waals surface area contributed by atoms with Crippen molar-refractivity contribution in [2.24, 2.45) is 0 Å². The normalized spacial score (nSPS) is 13.4. The van der Waals surface area contributed by atoms with E-state index in [-0.39, 0.29) is 26.2 Å². The van der Waals surface area contributed by atoms with Crippen LogP contribution in [0.1, 0.15) is 5.56 Å². The molecule has 0 fully saturated rings. The summed E-state index contributed by atoms with van der Waals surface area (Å²) in [5, 5.41) is 9.82. The van der Waals surface area contributed by atoms with Crippen LogP contribution in [-0.2, 0) is 26.2 Å². The molecule has 80 valence electrons. The fourth-order valence-electron chi connectivity index (χ4n) is 2.61. The van der Waals surface area contributed by atoms with Crippen molar-refractivity contribution in [2.75, 3.05) is 6.54 Å². The molecule has 0 N–H and O–H groups in total. The molecule has 1 aliphatic heterocycles. The second-order valence-corrected chi connectivity index (χ2v) is 4.24. The summed E-state index contributed by atoms with van der Waals surface area (Å²) in [5.41, 5.74) is 2.47. The first-order valence-electron chi connectivity index (χ1n) is 5.55. The van der Waals surface area contributed by atoms with Gasteiger partial charge in [0.15, 0.2) is 0 Å². The van der Waals surface area contributed by atoms with E-state index >= 15 is 0 Å². The summed E-state index contributed by atoms with van der Waals surface area (Å²) < 4.78 is 0. The number of rotatable bonds is 0. The van der Waals surface area contributed by atoms with E-state index in [1.54, 1.807) is 0 Å². The first-order valence-corrected chi connectivity index (χ1v) is 5.55. The van der Waals surface area contributed by atoms with Gasteiger partial charge in [-0.05, 0) is 32.5 Å². The summed E-state index contributed by atoms with van der Waals surface area (Å²) in [6.45, 7) is 0.829. The molecule has 0 atom stereocenters. The van der Waals surface area contributed by atoms with E-state index in [1.807, 2.05) is 0 Å². The summed E-state index contributed by atoms with van der Waals surface area (Å²) in [4.78, 5) is 0. The van der Waals surface area contributed by atoms with Crippen molar-refractivity contribution >= 4 is 17.8 Å². The summed E-state index contributed by atoms with van der Waals surface area (Å²) in [6.07, 6.45) is 4.44. The second-order valence-electron chi connectivity index (χ2n) is 4.24. The van der Waals surface area contributed by atoms with Crippen LogP contribution in [0.5, 0.6) is 0 Å². The van der Waals surface area contributed by atoms with Crippen LogP contribution in [0.15, 0.2) is 36.4 Å². The fraction of sp³-hybridized carbons (Fsp3) is 0.0667. The van der Waals surface area contributed by atoms with E-state index in [2.05, 4.69) is 53.9 Å². The zero-order chi connectivity index (χ0) is 10.5. The maximum Gasteiger partial charge on any atom is 0 e. The Kier molecular flexibility index (Phi) is 2.56. The molecule has 1 aliphatic carbocycles. The fourth-order valence-corrected chi connectivity index (χ4v) is 2.61. The standard InChI is InChI=1S/C15H10N.Zr/c1-2-4-12-11(3-1)9-14-13(12)6-5-10-7-8-16-15(10)14;/h1-7,9H,8H2;/q-1;. The van der Waals surface area contributed by atoms with Crippen LogP contribution in [0.25, 0.3) is 17.5 Å². The predicted molar refractivity (Wildman–Crippen MR) is 65.7 cm³/mol. The third-order valence-corrected chi connectivity index (χ3v) is 3.36. The summed E-state index contributed by atoms with van der Waals surface area (Å²) in [5.74, 6) is 0. The minimum atomic E-state index is 0. The van der Waals surface area contributed by atoms with E-state index in [0.29, 0.717) is 0 Å². The third kappa shape index (κ3) is 1.47. The van der Waals surface area contributed by atoms with Crippen molar-refractivity contribution in [1.29, 1.82) is 0 Å². The van der Waals surface area contributed by atoms with Gasteiger partial charge in [0.05, 0.1) is 0 Å². The number of hydrogen-bond acceptors (Lipinski definition) is 0. The number of fused-ring (bicyclic) bond motifs is 4. The van der Waals surface area contributed by atoms with Gasteiger partial charge >= 0.3 is 0 Å². The Morgan fingerprint density at radius 3 is 2.71 bits per heavy atom. The van der Waals surface area contributed by atoms with Gasteiger partial charge in [-0.15, -0.1) is 12.2 Å². The first-order chi connectivity index (χ1) is 7.93. The molecule has 2 aliphatic rings. The van der Waals surface area contributed by atoms with Crippen LogP contribution >= 0.6 is 0 Å². The smallest absolute Gasteiger partial charge is 0 e. The molecule has 0 aromatic heterocycles. The van der Waals surface area contributed by atoms with Crippen LogP contribution in [0.3, 0.4) is 0 Å². The Bertz CT molecular complexity index is 806. The van der Waals surface area contributed by atoms with E-state index in [9.17, 15) is 0 Å². The van der Waals surface area contributed by atoms with Gasteiger partial charge in [-0.25, -0.2) is 0 Å². The summed E-state index contributed by atoms with van der Waals surface area (Å²) in [7, 11) is 0. The van der Waals surface area contributed by atoms with Crippen molar-refractivity contribution in [2.45, 2.75) is 0 Å². The van der Waals surface area contributed by atoms with Gasteiger partial charge < -0.3 is 5.32 Å². The maximum atomic E-state index is 4.57. The molecule has 0 spiro atoms. The first kappa shape index (κ1) is 11.0. The second kappa shape index (κ2) is 3.96. The van der Waals surface area contributed by atoms with Crippen molar-refractivity contribution < 1.29 is 26.2 Å². The van der Waals surface area contributed by atoms with Crippen LogP contribution < -0.4 is 10.4 Å². The molecule has 0 saturated carbocycles. The van der Waals surface area contributed by atoms with Gasteiger partial charge in [-0.1, -0.05) is 42.5 Å². The van der Waals surface area contributed by atoms with Gasteiger partial charge in [0.2, 0.25) is 0 Å². The van der Waals surface area contributed by atoms with Crippen LogP contribution in [0.2, 0.25) is 0 Å². The molecule has 4 rings (SSSR count). The minimum Gasteiger partial charge on any atom is -0.680 e. The Hall–Kier alpha value is -1.14. The largest absolute Gasteiger partial charge is 0.680 e. The molecule has 2 heteroatoms. The molecule has 2 aromatic rings. The van der Waals surface area contributed by atoms with Crippen molar-refractivity contribution in [3.05, 3.63) is 68.2 Å². The Labute approximate surface area is 118 Å². The quantitative estimate of drug-likeness (QED) is 0.601. The molecular weight excluding hydrogens is 285 g/mol. The number of nitrogens with zero attached hydrogens (tertiary/aromatic N) is 1. The number of benzene rings is 2. The van der Waals surface area contributed by atoms with E-state index < -0.39 is 0 Å². The molecule has 1 heterocycles. The van der Waals surface area contributed by atoms with E-state index in [1.165, 1.54) is 32.1 Å². The zero-order valence-electron chi connectivity index (χ0n) is 9.27. The molecule has 0 bridgehead atoms. The van der Waals surface area contributed by atoms with Crippen LogP contribution in [0.4, 0.5) is 5.69 Å². The van der Waals surface area contributed by atoms with Gasteiger partial charge in [-0.2, -0.15) is 0 Å². The molecule has 1 nitrogen and oxygen atoms in total.